The molecule has 0 N–H and O–H groups in total. The molecule has 1 aromatic carbocycles. The van der Waals surface area contributed by atoms with Crippen LogP contribution in [0, 0.1) is 0 Å². The second-order valence-corrected chi connectivity index (χ2v) is 5.12. The van der Waals surface area contributed by atoms with Gasteiger partial charge in [0.05, 0.1) is 5.41 Å². The second kappa shape index (κ2) is 4.73. The Morgan fingerprint density at radius 3 is 2.61 bits per heavy atom. The molecule has 0 unspecified atom stereocenters. The van der Waals surface area contributed by atoms with Crippen LogP contribution < -0.4 is 0 Å². The number of rotatable bonds is 5. The quantitative estimate of drug-likeness (QED) is 0.776. The highest BCUT2D eigenvalue weighted by Crippen LogP contribution is 2.52. The van der Waals surface area contributed by atoms with Crippen LogP contribution >= 0.6 is 11.6 Å². The summed E-state index contributed by atoms with van der Waals surface area (Å²) in [6.07, 6.45) is 3.82. The number of alkyl halides is 1. The van der Waals surface area contributed by atoms with Gasteiger partial charge < -0.3 is 4.42 Å². The van der Waals surface area contributed by atoms with E-state index in [1.807, 2.05) is 6.07 Å². The fraction of sp³-hybridized carbons (Fsp3) is 0.429. The molecule has 0 atom stereocenters. The van der Waals surface area contributed by atoms with Gasteiger partial charge in [0.15, 0.2) is 0 Å². The van der Waals surface area contributed by atoms with E-state index in [9.17, 15) is 0 Å². The third-order valence-electron chi connectivity index (χ3n) is 3.48. The summed E-state index contributed by atoms with van der Waals surface area (Å²) in [6, 6.07) is 10.4. The van der Waals surface area contributed by atoms with Crippen molar-refractivity contribution in [3.63, 3.8) is 0 Å². The van der Waals surface area contributed by atoms with Gasteiger partial charge in [-0.15, -0.1) is 21.8 Å². The molecule has 1 aliphatic carbocycles. The van der Waals surface area contributed by atoms with Crippen LogP contribution in [0.2, 0.25) is 0 Å². The predicted octanol–water partition coefficient (Wildman–Crippen LogP) is 3.32. The molecule has 1 fully saturated rings. The highest BCUT2D eigenvalue weighted by atomic mass is 35.5. The monoisotopic (exact) mass is 262 g/mol. The maximum absolute atomic E-state index is 5.79. The molecule has 0 spiro atoms. The fourth-order valence-electron chi connectivity index (χ4n) is 2.27. The van der Waals surface area contributed by atoms with Crippen molar-refractivity contribution in [3.05, 3.63) is 47.7 Å². The Morgan fingerprint density at radius 1 is 1.17 bits per heavy atom. The Bertz CT molecular complexity index is 520. The zero-order valence-electron chi connectivity index (χ0n) is 10.1. The van der Waals surface area contributed by atoms with Gasteiger partial charge >= 0.3 is 0 Å². The molecule has 1 heterocycles. The summed E-state index contributed by atoms with van der Waals surface area (Å²) in [5.74, 6) is 2.09. The van der Waals surface area contributed by atoms with Crippen molar-refractivity contribution in [2.45, 2.75) is 31.1 Å². The Morgan fingerprint density at radius 2 is 1.94 bits per heavy atom. The summed E-state index contributed by atoms with van der Waals surface area (Å²) in [5, 5.41) is 8.33. The number of benzene rings is 1. The van der Waals surface area contributed by atoms with E-state index in [2.05, 4.69) is 34.5 Å². The van der Waals surface area contributed by atoms with Gasteiger partial charge in [-0.1, -0.05) is 30.3 Å². The Labute approximate surface area is 111 Å². The van der Waals surface area contributed by atoms with E-state index < -0.39 is 0 Å². The normalized spacial score (nSPS) is 16.7. The summed E-state index contributed by atoms with van der Waals surface area (Å²) >= 11 is 5.67. The minimum Gasteiger partial charge on any atom is -0.424 e. The first-order chi connectivity index (χ1) is 8.85. The zero-order valence-corrected chi connectivity index (χ0v) is 10.9. The molecule has 0 aliphatic heterocycles. The maximum atomic E-state index is 5.79. The molecule has 18 heavy (non-hydrogen) atoms. The third kappa shape index (κ3) is 2.03. The zero-order chi connectivity index (χ0) is 12.4. The van der Waals surface area contributed by atoms with Crippen LogP contribution in [0.25, 0.3) is 0 Å². The molecule has 94 valence electrons. The number of hydrogen-bond donors (Lipinski definition) is 0. The van der Waals surface area contributed by atoms with Crippen LogP contribution in [0.3, 0.4) is 0 Å². The Balaban J connectivity index is 1.84. The number of aryl methyl sites for hydroxylation is 1. The number of aromatic nitrogens is 2. The van der Waals surface area contributed by atoms with Gasteiger partial charge in [0.1, 0.15) is 0 Å². The fourth-order valence-corrected chi connectivity index (χ4v) is 2.41. The van der Waals surface area contributed by atoms with Crippen LogP contribution in [0.1, 0.15) is 36.6 Å². The van der Waals surface area contributed by atoms with Gasteiger partial charge in [0.2, 0.25) is 11.8 Å². The summed E-state index contributed by atoms with van der Waals surface area (Å²) in [4.78, 5) is 0. The van der Waals surface area contributed by atoms with Crippen LogP contribution in [0.5, 0.6) is 0 Å². The molecular weight excluding hydrogens is 248 g/mol. The first-order valence-corrected chi connectivity index (χ1v) is 6.83. The van der Waals surface area contributed by atoms with Crippen molar-refractivity contribution in [2.24, 2.45) is 0 Å². The first kappa shape index (κ1) is 11.7. The topological polar surface area (TPSA) is 38.9 Å². The van der Waals surface area contributed by atoms with E-state index in [0.717, 1.165) is 31.6 Å². The van der Waals surface area contributed by atoms with Crippen molar-refractivity contribution < 1.29 is 4.42 Å². The van der Waals surface area contributed by atoms with Crippen molar-refractivity contribution in [1.29, 1.82) is 0 Å². The highest BCUT2D eigenvalue weighted by Gasteiger charge is 2.50. The molecule has 0 amide bonds. The van der Waals surface area contributed by atoms with Crippen molar-refractivity contribution >= 4 is 11.6 Å². The van der Waals surface area contributed by atoms with Crippen molar-refractivity contribution in [2.75, 3.05) is 5.88 Å². The summed E-state index contributed by atoms with van der Waals surface area (Å²) in [5.41, 5.74) is 1.26. The molecule has 1 aliphatic rings. The minimum absolute atomic E-state index is 0.0204. The average Bonchev–Trinajstić information content (AvgIpc) is 3.10. The number of halogens is 1. The third-order valence-corrected chi connectivity index (χ3v) is 3.74. The van der Waals surface area contributed by atoms with Crippen molar-refractivity contribution in [1.82, 2.24) is 10.2 Å². The van der Waals surface area contributed by atoms with E-state index >= 15 is 0 Å². The lowest BCUT2D eigenvalue weighted by Crippen LogP contribution is -2.08. The van der Waals surface area contributed by atoms with E-state index in [4.69, 9.17) is 16.0 Å². The Hall–Kier alpha value is -1.35. The van der Waals surface area contributed by atoms with Gasteiger partial charge in [0.25, 0.3) is 0 Å². The number of hydrogen-bond acceptors (Lipinski definition) is 3. The highest BCUT2D eigenvalue weighted by molar-refractivity contribution is 6.17. The summed E-state index contributed by atoms with van der Waals surface area (Å²) < 4.78 is 5.79. The van der Waals surface area contributed by atoms with Crippen LogP contribution in [-0.2, 0) is 11.8 Å². The van der Waals surface area contributed by atoms with E-state index in [1.54, 1.807) is 0 Å². The maximum Gasteiger partial charge on any atom is 0.227 e. The lowest BCUT2D eigenvalue weighted by atomic mass is 9.96. The van der Waals surface area contributed by atoms with Crippen molar-refractivity contribution in [3.8, 4) is 0 Å². The molecule has 2 aromatic rings. The average molecular weight is 263 g/mol. The molecule has 1 aromatic heterocycles. The first-order valence-electron chi connectivity index (χ1n) is 6.29. The largest absolute Gasteiger partial charge is 0.424 e. The molecule has 3 nitrogen and oxygen atoms in total. The van der Waals surface area contributed by atoms with E-state index in [1.165, 1.54) is 5.56 Å². The molecule has 0 radical (unpaired) electrons. The number of nitrogens with zero attached hydrogens (tertiary/aromatic N) is 2. The second-order valence-electron chi connectivity index (χ2n) is 4.74. The summed E-state index contributed by atoms with van der Waals surface area (Å²) in [6.45, 7) is 0. The SMILES string of the molecule is ClCCCc1nnc(C2(c3ccccc3)CC2)o1. The van der Waals surface area contributed by atoms with Gasteiger partial charge in [-0.2, -0.15) is 0 Å². The predicted molar refractivity (Wildman–Crippen MR) is 69.8 cm³/mol. The van der Waals surface area contributed by atoms with Gasteiger partial charge in [-0.25, -0.2) is 0 Å². The lowest BCUT2D eigenvalue weighted by Gasteiger charge is -2.10. The molecular formula is C14H15ClN2O. The minimum atomic E-state index is -0.0204. The van der Waals surface area contributed by atoms with Gasteiger partial charge in [-0.05, 0) is 24.8 Å². The van der Waals surface area contributed by atoms with Gasteiger partial charge in [0, 0.05) is 12.3 Å². The molecule has 0 saturated heterocycles. The van der Waals surface area contributed by atoms with Gasteiger partial charge in [-0.3, -0.25) is 0 Å². The smallest absolute Gasteiger partial charge is 0.227 e. The molecule has 0 bridgehead atoms. The van der Waals surface area contributed by atoms with Crippen LogP contribution in [-0.4, -0.2) is 16.1 Å². The van der Waals surface area contributed by atoms with E-state index in [0.29, 0.717) is 11.8 Å². The summed E-state index contributed by atoms with van der Waals surface area (Å²) in [7, 11) is 0. The molecule has 1 saturated carbocycles. The lowest BCUT2D eigenvalue weighted by molar-refractivity contribution is 0.424. The standard InChI is InChI=1S/C14H15ClN2O/c15-10-4-7-12-16-17-13(18-12)14(8-9-14)11-5-2-1-3-6-11/h1-3,5-6H,4,7-10H2. The van der Waals surface area contributed by atoms with Crippen LogP contribution in [0.4, 0.5) is 0 Å². The van der Waals surface area contributed by atoms with E-state index in [-0.39, 0.29) is 5.41 Å². The molecule has 4 heteroatoms. The van der Waals surface area contributed by atoms with Crippen LogP contribution in [0.15, 0.2) is 34.7 Å². The molecule has 3 rings (SSSR count). The Kier molecular flexibility index (Phi) is 3.08.